The van der Waals surface area contributed by atoms with Crippen molar-refractivity contribution in [1.29, 1.82) is 0 Å². The van der Waals surface area contributed by atoms with E-state index in [1.807, 2.05) is 10.6 Å². The number of piperidine rings is 1. The first-order chi connectivity index (χ1) is 10.1. The van der Waals surface area contributed by atoms with E-state index in [4.69, 9.17) is 5.73 Å². The van der Waals surface area contributed by atoms with Crippen molar-refractivity contribution in [2.45, 2.75) is 25.7 Å². The lowest BCUT2D eigenvalue weighted by atomic mass is 9.96. The molecule has 1 aliphatic rings. The molecule has 0 aromatic carbocycles. The maximum Gasteiger partial charge on any atom is 0.356 e. The third-order valence-electron chi connectivity index (χ3n) is 4.30. The third-order valence-corrected chi connectivity index (χ3v) is 4.30. The van der Waals surface area contributed by atoms with Gasteiger partial charge in [-0.05, 0) is 44.6 Å². The second-order valence-electron chi connectivity index (χ2n) is 5.55. The van der Waals surface area contributed by atoms with E-state index >= 15 is 0 Å². The molecule has 3 heterocycles. The van der Waals surface area contributed by atoms with Crippen molar-refractivity contribution in [2.24, 2.45) is 0 Å². The Bertz CT molecular complexity index is 672. The van der Waals surface area contributed by atoms with Gasteiger partial charge in [-0.1, -0.05) is 6.92 Å². The molecule has 1 saturated heterocycles. The number of rotatable bonds is 3. The highest BCUT2D eigenvalue weighted by molar-refractivity contribution is 5.94. The predicted molar refractivity (Wildman–Crippen MR) is 80.7 cm³/mol. The van der Waals surface area contributed by atoms with Crippen molar-refractivity contribution in [2.75, 3.05) is 25.4 Å². The summed E-state index contributed by atoms with van der Waals surface area (Å²) in [4.78, 5) is 18.2. The van der Waals surface area contributed by atoms with Crippen LogP contribution in [0, 0.1) is 0 Å². The molecule has 3 rings (SSSR count). The summed E-state index contributed by atoms with van der Waals surface area (Å²) in [5, 5.41) is 9.34. The molecular formula is C15H20N4O2. The molecule has 0 saturated carbocycles. The lowest BCUT2D eigenvalue weighted by molar-refractivity contribution is 0.0693. The van der Waals surface area contributed by atoms with Crippen LogP contribution in [0.4, 0.5) is 5.69 Å². The highest BCUT2D eigenvalue weighted by atomic mass is 16.4. The van der Waals surface area contributed by atoms with Crippen molar-refractivity contribution < 1.29 is 9.90 Å². The molecule has 1 aliphatic heterocycles. The number of likely N-dealkylation sites (tertiary alicyclic amines) is 1. The van der Waals surface area contributed by atoms with Crippen LogP contribution in [-0.2, 0) is 0 Å². The zero-order valence-corrected chi connectivity index (χ0v) is 12.1. The van der Waals surface area contributed by atoms with Crippen LogP contribution in [-0.4, -0.2) is 45.0 Å². The molecule has 0 aliphatic carbocycles. The molecule has 0 bridgehead atoms. The molecule has 0 amide bonds. The Kier molecular flexibility index (Phi) is 3.55. The van der Waals surface area contributed by atoms with Crippen molar-refractivity contribution in [3.8, 4) is 0 Å². The van der Waals surface area contributed by atoms with Crippen molar-refractivity contribution in [1.82, 2.24) is 14.3 Å². The number of anilines is 1. The maximum absolute atomic E-state index is 11.4. The average Bonchev–Trinajstić information content (AvgIpc) is 2.86. The minimum Gasteiger partial charge on any atom is -0.476 e. The molecule has 0 atom stereocenters. The van der Waals surface area contributed by atoms with Crippen LogP contribution in [0.25, 0.3) is 5.52 Å². The van der Waals surface area contributed by atoms with Crippen LogP contribution in [0.2, 0.25) is 0 Å². The quantitative estimate of drug-likeness (QED) is 0.900. The van der Waals surface area contributed by atoms with E-state index in [1.165, 1.54) is 0 Å². The number of pyridine rings is 1. The van der Waals surface area contributed by atoms with Gasteiger partial charge in [-0.3, -0.25) is 0 Å². The van der Waals surface area contributed by atoms with Crippen LogP contribution in [0.5, 0.6) is 0 Å². The highest BCUT2D eigenvalue weighted by Crippen LogP contribution is 2.29. The van der Waals surface area contributed by atoms with Gasteiger partial charge in [-0.15, -0.1) is 0 Å². The number of carboxylic acid groups (broad SMARTS) is 1. The molecule has 0 radical (unpaired) electrons. The number of aromatic nitrogens is 2. The second-order valence-corrected chi connectivity index (χ2v) is 5.55. The van der Waals surface area contributed by atoms with Gasteiger partial charge in [-0.25, -0.2) is 9.78 Å². The number of aromatic carboxylic acids is 1. The van der Waals surface area contributed by atoms with Gasteiger partial charge in [0.05, 0.1) is 5.52 Å². The molecule has 0 unspecified atom stereocenters. The van der Waals surface area contributed by atoms with E-state index < -0.39 is 5.97 Å². The molecule has 21 heavy (non-hydrogen) atoms. The van der Waals surface area contributed by atoms with Gasteiger partial charge in [-0.2, -0.15) is 0 Å². The molecular weight excluding hydrogens is 268 g/mol. The molecule has 6 nitrogen and oxygen atoms in total. The standard InChI is InChI=1S/C15H20N4O2/c1-2-18-6-3-10(4-7-18)14-17-13(15(20)21)12-9-11(16)5-8-19(12)14/h5,8-10H,2-4,6-7,16H2,1H3,(H,20,21). The van der Waals surface area contributed by atoms with Crippen molar-refractivity contribution >= 4 is 17.2 Å². The normalized spacial score (nSPS) is 17.4. The topological polar surface area (TPSA) is 83.9 Å². The number of nitrogens with two attached hydrogens (primary N) is 1. The Morgan fingerprint density at radius 3 is 2.81 bits per heavy atom. The second kappa shape index (κ2) is 5.37. The summed E-state index contributed by atoms with van der Waals surface area (Å²) in [6.45, 7) is 5.30. The van der Waals surface area contributed by atoms with Gasteiger partial charge in [0, 0.05) is 17.8 Å². The van der Waals surface area contributed by atoms with Gasteiger partial charge in [0.15, 0.2) is 5.69 Å². The summed E-state index contributed by atoms with van der Waals surface area (Å²) in [6.07, 6.45) is 3.85. The summed E-state index contributed by atoms with van der Waals surface area (Å²) in [5.41, 5.74) is 7.00. The fraction of sp³-hybridized carbons (Fsp3) is 0.467. The van der Waals surface area contributed by atoms with Gasteiger partial charge < -0.3 is 20.1 Å². The van der Waals surface area contributed by atoms with Gasteiger partial charge in [0.1, 0.15) is 5.82 Å². The number of hydrogen-bond donors (Lipinski definition) is 2. The van der Waals surface area contributed by atoms with Gasteiger partial charge in [0.2, 0.25) is 0 Å². The Hall–Kier alpha value is -2.08. The molecule has 2 aromatic rings. The summed E-state index contributed by atoms with van der Waals surface area (Å²) < 4.78 is 1.88. The fourth-order valence-electron chi connectivity index (χ4n) is 3.08. The largest absolute Gasteiger partial charge is 0.476 e. The first-order valence-corrected chi connectivity index (χ1v) is 7.33. The van der Waals surface area contributed by atoms with E-state index in [2.05, 4.69) is 16.8 Å². The van der Waals surface area contributed by atoms with Crippen molar-refractivity contribution in [3.63, 3.8) is 0 Å². The van der Waals surface area contributed by atoms with Gasteiger partial charge >= 0.3 is 5.97 Å². The summed E-state index contributed by atoms with van der Waals surface area (Å²) in [6, 6.07) is 3.46. The summed E-state index contributed by atoms with van der Waals surface area (Å²) in [7, 11) is 0. The lowest BCUT2D eigenvalue weighted by Gasteiger charge is -2.30. The SMILES string of the molecule is CCN1CCC(c2nc(C(=O)O)c3cc(N)ccn23)CC1. The van der Waals surface area contributed by atoms with Crippen LogP contribution < -0.4 is 5.73 Å². The third kappa shape index (κ3) is 2.47. The summed E-state index contributed by atoms with van der Waals surface area (Å²) >= 11 is 0. The Morgan fingerprint density at radius 1 is 1.48 bits per heavy atom. The molecule has 112 valence electrons. The first-order valence-electron chi connectivity index (χ1n) is 7.33. The number of carboxylic acids is 1. The van der Waals surface area contributed by atoms with E-state index in [0.717, 1.165) is 38.3 Å². The predicted octanol–water partition coefficient (Wildman–Crippen LogP) is 1.81. The number of imidazole rings is 1. The monoisotopic (exact) mass is 288 g/mol. The minimum absolute atomic E-state index is 0.0928. The summed E-state index contributed by atoms with van der Waals surface area (Å²) in [5.74, 6) is 0.144. The van der Waals surface area contributed by atoms with Gasteiger partial charge in [0.25, 0.3) is 0 Å². The first kappa shape index (κ1) is 13.9. The highest BCUT2D eigenvalue weighted by Gasteiger charge is 2.26. The van der Waals surface area contributed by atoms with Crippen LogP contribution in [0.1, 0.15) is 42.0 Å². The number of nitrogens with zero attached hydrogens (tertiary/aromatic N) is 3. The lowest BCUT2D eigenvalue weighted by Crippen LogP contribution is -2.33. The Labute approximate surface area is 123 Å². The van der Waals surface area contributed by atoms with Crippen LogP contribution in [0.15, 0.2) is 18.3 Å². The number of fused-ring (bicyclic) bond motifs is 1. The maximum atomic E-state index is 11.4. The Balaban J connectivity index is 2.01. The molecule has 1 fully saturated rings. The number of hydrogen-bond acceptors (Lipinski definition) is 4. The minimum atomic E-state index is -1.00. The van der Waals surface area contributed by atoms with Crippen LogP contribution in [0.3, 0.4) is 0 Å². The van der Waals surface area contributed by atoms with E-state index in [9.17, 15) is 9.90 Å². The fourth-order valence-corrected chi connectivity index (χ4v) is 3.08. The van der Waals surface area contributed by atoms with Crippen molar-refractivity contribution in [3.05, 3.63) is 29.8 Å². The molecule has 6 heteroatoms. The van der Waals surface area contributed by atoms with E-state index in [-0.39, 0.29) is 5.69 Å². The zero-order valence-electron chi connectivity index (χ0n) is 12.1. The number of carbonyl (C=O) groups is 1. The average molecular weight is 288 g/mol. The zero-order chi connectivity index (χ0) is 15.0. The molecule has 2 aromatic heterocycles. The smallest absolute Gasteiger partial charge is 0.356 e. The van der Waals surface area contributed by atoms with Crippen LogP contribution >= 0.6 is 0 Å². The van der Waals surface area contributed by atoms with E-state index in [1.54, 1.807) is 12.1 Å². The molecule has 0 spiro atoms. The molecule has 3 N–H and O–H groups in total. The van der Waals surface area contributed by atoms with E-state index in [0.29, 0.717) is 17.1 Å². The number of nitrogen functional groups attached to an aromatic ring is 1. The Morgan fingerprint density at radius 2 is 2.19 bits per heavy atom.